The normalized spacial score (nSPS) is 10.8. The standard InChI is InChI=1S/C13H12N4/c1(10-3-6-14-7-4-10)2-13-16-11-5-8-15-9-12(11)17-13/h3-9H,1-2H2,(H,16,17). The number of H-pyrrole nitrogens is 1. The number of nitrogens with one attached hydrogen (secondary N) is 1. The first-order valence-corrected chi connectivity index (χ1v) is 5.59. The van der Waals surface area contributed by atoms with Gasteiger partial charge in [-0.05, 0) is 30.2 Å². The van der Waals surface area contributed by atoms with E-state index in [1.165, 1.54) is 5.56 Å². The second kappa shape index (κ2) is 4.33. The molecule has 0 bridgehead atoms. The molecule has 3 rings (SSSR count). The van der Waals surface area contributed by atoms with Crippen LogP contribution >= 0.6 is 0 Å². The highest BCUT2D eigenvalue weighted by Crippen LogP contribution is 2.10. The maximum Gasteiger partial charge on any atom is 0.107 e. The van der Waals surface area contributed by atoms with Crippen molar-refractivity contribution in [1.29, 1.82) is 0 Å². The minimum absolute atomic E-state index is 0.901. The Morgan fingerprint density at radius 2 is 1.76 bits per heavy atom. The Kier molecular flexibility index (Phi) is 2.54. The van der Waals surface area contributed by atoms with E-state index in [0.717, 1.165) is 29.7 Å². The van der Waals surface area contributed by atoms with Crippen molar-refractivity contribution in [2.45, 2.75) is 12.8 Å². The van der Waals surface area contributed by atoms with Gasteiger partial charge in [-0.15, -0.1) is 0 Å². The zero-order valence-electron chi connectivity index (χ0n) is 9.30. The smallest absolute Gasteiger partial charge is 0.107 e. The van der Waals surface area contributed by atoms with Gasteiger partial charge in [-0.3, -0.25) is 9.97 Å². The predicted octanol–water partition coefficient (Wildman–Crippen LogP) is 2.14. The summed E-state index contributed by atoms with van der Waals surface area (Å²) >= 11 is 0. The first-order valence-electron chi connectivity index (χ1n) is 5.59. The number of aromatic amines is 1. The van der Waals surface area contributed by atoms with Gasteiger partial charge in [0.05, 0.1) is 17.2 Å². The second-order valence-corrected chi connectivity index (χ2v) is 3.93. The lowest BCUT2D eigenvalue weighted by molar-refractivity contribution is 0.887. The van der Waals surface area contributed by atoms with Crippen molar-refractivity contribution < 1.29 is 0 Å². The van der Waals surface area contributed by atoms with Crippen LogP contribution in [0.4, 0.5) is 0 Å². The third kappa shape index (κ3) is 2.15. The van der Waals surface area contributed by atoms with Crippen LogP contribution in [-0.2, 0) is 12.8 Å². The molecule has 0 saturated carbocycles. The van der Waals surface area contributed by atoms with Crippen LogP contribution in [0.3, 0.4) is 0 Å². The molecule has 0 aliphatic carbocycles. The molecule has 4 heteroatoms. The van der Waals surface area contributed by atoms with Gasteiger partial charge in [-0.1, -0.05) is 0 Å². The summed E-state index contributed by atoms with van der Waals surface area (Å²) in [6.07, 6.45) is 9.07. The Hall–Kier alpha value is -2.23. The molecule has 0 unspecified atom stereocenters. The Bertz CT molecular complexity index is 582. The first-order chi connectivity index (χ1) is 8.42. The summed E-state index contributed by atoms with van der Waals surface area (Å²) < 4.78 is 0. The second-order valence-electron chi connectivity index (χ2n) is 3.93. The largest absolute Gasteiger partial charge is 0.341 e. The van der Waals surface area contributed by atoms with E-state index in [1.807, 2.05) is 30.6 Å². The van der Waals surface area contributed by atoms with Crippen molar-refractivity contribution in [3.8, 4) is 0 Å². The quantitative estimate of drug-likeness (QED) is 0.741. The Morgan fingerprint density at radius 1 is 0.941 bits per heavy atom. The molecule has 0 aliphatic rings. The maximum atomic E-state index is 4.52. The van der Waals surface area contributed by atoms with E-state index < -0.39 is 0 Å². The summed E-state index contributed by atoms with van der Waals surface area (Å²) in [5.41, 5.74) is 3.25. The van der Waals surface area contributed by atoms with Crippen molar-refractivity contribution in [1.82, 2.24) is 19.9 Å². The molecule has 3 heterocycles. The Morgan fingerprint density at radius 3 is 2.59 bits per heavy atom. The van der Waals surface area contributed by atoms with Crippen LogP contribution < -0.4 is 0 Å². The number of fused-ring (bicyclic) bond motifs is 1. The summed E-state index contributed by atoms with van der Waals surface area (Å²) in [5, 5.41) is 0. The molecule has 0 atom stereocenters. The monoisotopic (exact) mass is 224 g/mol. The molecule has 0 spiro atoms. The van der Waals surface area contributed by atoms with Crippen molar-refractivity contribution in [2.75, 3.05) is 0 Å². The molecule has 4 nitrogen and oxygen atoms in total. The summed E-state index contributed by atoms with van der Waals surface area (Å²) in [5.74, 6) is 1.00. The number of pyridine rings is 2. The van der Waals surface area contributed by atoms with Crippen LogP contribution in [0.2, 0.25) is 0 Å². The molecular formula is C13H12N4. The molecule has 3 aromatic heterocycles. The van der Waals surface area contributed by atoms with E-state index in [0.29, 0.717) is 0 Å². The summed E-state index contributed by atoms with van der Waals surface area (Å²) in [4.78, 5) is 15.9. The minimum atomic E-state index is 0.901. The molecule has 17 heavy (non-hydrogen) atoms. The zero-order valence-corrected chi connectivity index (χ0v) is 9.30. The van der Waals surface area contributed by atoms with Crippen LogP contribution in [0, 0.1) is 0 Å². The third-order valence-electron chi connectivity index (χ3n) is 2.73. The fourth-order valence-electron chi connectivity index (χ4n) is 1.84. The van der Waals surface area contributed by atoms with Crippen LogP contribution in [0.25, 0.3) is 11.0 Å². The highest BCUT2D eigenvalue weighted by atomic mass is 14.9. The average Bonchev–Trinajstić information content (AvgIpc) is 2.80. The molecule has 0 aliphatic heterocycles. The summed E-state index contributed by atoms with van der Waals surface area (Å²) in [6.45, 7) is 0. The minimum Gasteiger partial charge on any atom is -0.341 e. The third-order valence-corrected chi connectivity index (χ3v) is 2.73. The van der Waals surface area contributed by atoms with Gasteiger partial charge in [0, 0.05) is 25.0 Å². The van der Waals surface area contributed by atoms with E-state index >= 15 is 0 Å². The van der Waals surface area contributed by atoms with Crippen molar-refractivity contribution >= 4 is 11.0 Å². The SMILES string of the molecule is c1cc(CCc2nc3ccncc3[nH]2)ccn1. The first kappa shape index (κ1) is 9.96. The van der Waals surface area contributed by atoms with Crippen molar-refractivity contribution in [3.05, 3.63) is 54.4 Å². The van der Waals surface area contributed by atoms with Gasteiger partial charge in [-0.2, -0.15) is 0 Å². The van der Waals surface area contributed by atoms with Crippen LogP contribution in [0.15, 0.2) is 43.0 Å². The van der Waals surface area contributed by atoms with Crippen molar-refractivity contribution in [3.63, 3.8) is 0 Å². The van der Waals surface area contributed by atoms with E-state index in [4.69, 9.17) is 0 Å². The van der Waals surface area contributed by atoms with Gasteiger partial charge >= 0.3 is 0 Å². The lowest BCUT2D eigenvalue weighted by Gasteiger charge is -1.97. The predicted molar refractivity (Wildman–Crippen MR) is 65.5 cm³/mol. The fraction of sp³-hybridized carbons (Fsp3) is 0.154. The lowest BCUT2D eigenvalue weighted by atomic mass is 10.1. The number of hydrogen-bond acceptors (Lipinski definition) is 3. The van der Waals surface area contributed by atoms with Crippen LogP contribution in [0.1, 0.15) is 11.4 Å². The summed E-state index contributed by atoms with van der Waals surface area (Å²) in [6, 6.07) is 5.98. The van der Waals surface area contributed by atoms with Crippen LogP contribution in [-0.4, -0.2) is 19.9 Å². The molecule has 0 radical (unpaired) electrons. The van der Waals surface area contributed by atoms with Gasteiger partial charge in [0.15, 0.2) is 0 Å². The molecule has 3 aromatic rings. The topological polar surface area (TPSA) is 54.5 Å². The molecule has 84 valence electrons. The number of aromatic nitrogens is 4. The maximum absolute atomic E-state index is 4.52. The zero-order chi connectivity index (χ0) is 11.5. The van der Waals surface area contributed by atoms with Gasteiger partial charge in [-0.25, -0.2) is 4.98 Å². The van der Waals surface area contributed by atoms with Crippen molar-refractivity contribution in [2.24, 2.45) is 0 Å². The van der Waals surface area contributed by atoms with Gasteiger partial charge in [0.25, 0.3) is 0 Å². The molecular weight excluding hydrogens is 212 g/mol. The number of nitrogens with zero attached hydrogens (tertiary/aromatic N) is 3. The Labute approximate surface area is 98.8 Å². The summed E-state index contributed by atoms with van der Waals surface area (Å²) in [7, 11) is 0. The highest BCUT2D eigenvalue weighted by Gasteiger charge is 2.02. The van der Waals surface area contributed by atoms with E-state index in [-0.39, 0.29) is 0 Å². The number of imidazole rings is 1. The fourth-order valence-corrected chi connectivity index (χ4v) is 1.84. The number of hydrogen-bond donors (Lipinski definition) is 1. The molecule has 0 amide bonds. The van der Waals surface area contributed by atoms with Crippen LogP contribution in [0.5, 0.6) is 0 Å². The van der Waals surface area contributed by atoms with E-state index in [1.54, 1.807) is 12.4 Å². The van der Waals surface area contributed by atoms with Gasteiger partial charge in [0.1, 0.15) is 5.82 Å². The van der Waals surface area contributed by atoms with E-state index in [9.17, 15) is 0 Å². The number of rotatable bonds is 3. The molecule has 0 saturated heterocycles. The Balaban J connectivity index is 1.77. The highest BCUT2D eigenvalue weighted by molar-refractivity contribution is 5.73. The molecule has 0 fully saturated rings. The average molecular weight is 224 g/mol. The molecule has 1 N–H and O–H groups in total. The van der Waals surface area contributed by atoms with Gasteiger partial charge < -0.3 is 4.98 Å². The number of aryl methyl sites for hydroxylation is 2. The lowest BCUT2D eigenvalue weighted by Crippen LogP contribution is -1.93. The van der Waals surface area contributed by atoms with E-state index in [2.05, 4.69) is 19.9 Å². The van der Waals surface area contributed by atoms with Gasteiger partial charge in [0.2, 0.25) is 0 Å². The molecule has 0 aromatic carbocycles.